The van der Waals surface area contributed by atoms with Crippen LogP contribution >= 0.6 is 0 Å². The Hall–Kier alpha value is -0.970. The van der Waals surface area contributed by atoms with E-state index in [1.807, 2.05) is 4.68 Å². The predicted octanol–water partition coefficient (Wildman–Crippen LogP) is 1.70. The third-order valence-electron chi connectivity index (χ3n) is 3.43. The summed E-state index contributed by atoms with van der Waals surface area (Å²) in [5.74, 6) is 1.78. The molecule has 1 heterocycles. The zero-order chi connectivity index (χ0) is 11.5. The lowest BCUT2D eigenvalue weighted by Crippen LogP contribution is -2.23. The van der Waals surface area contributed by atoms with E-state index in [2.05, 4.69) is 41.6 Å². The van der Waals surface area contributed by atoms with Crippen molar-refractivity contribution in [3.63, 3.8) is 0 Å². The van der Waals surface area contributed by atoms with Gasteiger partial charge in [0.2, 0.25) is 0 Å². The van der Waals surface area contributed by atoms with E-state index in [-0.39, 0.29) is 6.04 Å². The van der Waals surface area contributed by atoms with E-state index in [0.29, 0.717) is 6.04 Å². The molecule has 2 rings (SSSR count). The van der Waals surface area contributed by atoms with Crippen molar-refractivity contribution in [2.45, 2.75) is 52.1 Å². The fraction of sp³-hybridized carbons (Fsp3) is 0.909. The third-order valence-corrected chi connectivity index (χ3v) is 3.43. The maximum atomic E-state index is 4.15. The van der Waals surface area contributed by atoms with Crippen molar-refractivity contribution in [3.05, 3.63) is 5.82 Å². The quantitative estimate of drug-likeness (QED) is 0.844. The topological polar surface area (TPSA) is 55.6 Å². The summed E-state index contributed by atoms with van der Waals surface area (Å²) in [6, 6.07) is 0.733. The van der Waals surface area contributed by atoms with E-state index in [9.17, 15) is 0 Å². The first-order valence-corrected chi connectivity index (χ1v) is 6.23. The Morgan fingerprint density at radius 1 is 1.50 bits per heavy atom. The van der Waals surface area contributed by atoms with Crippen LogP contribution in [-0.2, 0) is 0 Å². The SMILES string of the molecule is CCNC(C)c1nnnn1C1CCC(C)C1. The molecule has 0 radical (unpaired) electrons. The number of hydrogen-bond donors (Lipinski definition) is 1. The largest absolute Gasteiger partial charge is 0.308 e. The summed E-state index contributed by atoms with van der Waals surface area (Å²) < 4.78 is 2.02. The van der Waals surface area contributed by atoms with Crippen molar-refractivity contribution < 1.29 is 0 Å². The van der Waals surface area contributed by atoms with E-state index >= 15 is 0 Å². The normalized spacial score (nSPS) is 27.2. The van der Waals surface area contributed by atoms with E-state index in [1.165, 1.54) is 19.3 Å². The molecule has 3 atom stereocenters. The van der Waals surface area contributed by atoms with Gasteiger partial charge >= 0.3 is 0 Å². The zero-order valence-electron chi connectivity index (χ0n) is 10.3. The lowest BCUT2D eigenvalue weighted by molar-refractivity contribution is 0.403. The van der Waals surface area contributed by atoms with Crippen molar-refractivity contribution in [2.24, 2.45) is 5.92 Å². The first-order chi connectivity index (χ1) is 7.72. The molecule has 0 spiro atoms. The smallest absolute Gasteiger partial charge is 0.168 e. The summed E-state index contributed by atoms with van der Waals surface area (Å²) in [4.78, 5) is 0. The second-order valence-corrected chi connectivity index (χ2v) is 4.83. The van der Waals surface area contributed by atoms with Gasteiger partial charge in [-0.2, -0.15) is 0 Å². The molecule has 1 N–H and O–H groups in total. The van der Waals surface area contributed by atoms with Crippen LogP contribution < -0.4 is 5.32 Å². The lowest BCUT2D eigenvalue weighted by Gasteiger charge is -2.16. The Bertz CT molecular complexity index is 335. The molecule has 1 aromatic heterocycles. The minimum Gasteiger partial charge on any atom is -0.308 e. The van der Waals surface area contributed by atoms with Gasteiger partial charge in [0.15, 0.2) is 5.82 Å². The Morgan fingerprint density at radius 3 is 2.94 bits per heavy atom. The van der Waals surface area contributed by atoms with Crippen LogP contribution in [0, 0.1) is 5.92 Å². The van der Waals surface area contributed by atoms with Crippen LogP contribution in [0.2, 0.25) is 0 Å². The van der Waals surface area contributed by atoms with Gasteiger partial charge in [-0.15, -0.1) is 5.10 Å². The van der Waals surface area contributed by atoms with Crippen LogP contribution in [-0.4, -0.2) is 26.8 Å². The second kappa shape index (κ2) is 4.91. The summed E-state index contributed by atoms with van der Waals surface area (Å²) >= 11 is 0. The molecule has 0 saturated heterocycles. The highest BCUT2D eigenvalue weighted by atomic mass is 15.6. The van der Waals surface area contributed by atoms with E-state index in [0.717, 1.165) is 18.3 Å². The van der Waals surface area contributed by atoms with Crippen LogP contribution in [0.5, 0.6) is 0 Å². The van der Waals surface area contributed by atoms with Gasteiger partial charge in [-0.3, -0.25) is 0 Å². The van der Waals surface area contributed by atoms with Crippen LogP contribution in [0.1, 0.15) is 57.9 Å². The van der Waals surface area contributed by atoms with Gasteiger partial charge < -0.3 is 5.32 Å². The zero-order valence-corrected chi connectivity index (χ0v) is 10.3. The third kappa shape index (κ3) is 2.24. The van der Waals surface area contributed by atoms with Crippen molar-refractivity contribution >= 4 is 0 Å². The highest BCUT2D eigenvalue weighted by Gasteiger charge is 2.27. The van der Waals surface area contributed by atoms with Crippen LogP contribution in [0.3, 0.4) is 0 Å². The molecule has 16 heavy (non-hydrogen) atoms. The molecule has 5 nitrogen and oxygen atoms in total. The lowest BCUT2D eigenvalue weighted by atomic mass is 10.1. The number of hydrogen-bond acceptors (Lipinski definition) is 4. The van der Waals surface area contributed by atoms with E-state index in [4.69, 9.17) is 0 Å². The van der Waals surface area contributed by atoms with E-state index < -0.39 is 0 Å². The Labute approximate surface area is 96.6 Å². The molecular weight excluding hydrogens is 202 g/mol. The van der Waals surface area contributed by atoms with Gasteiger partial charge in [0.1, 0.15) is 0 Å². The number of aromatic nitrogens is 4. The van der Waals surface area contributed by atoms with Crippen molar-refractivity contribution in [1.29, 1.82) is 0 Å². The number of nitrogens with zero attached hydrogens (tertiary/aromatic N) is 4. The summed E-state index contributed by atoms with van der Waals surface area (Å²) in [6.07, 6.45) is 3.70. The Kier molecular flexibility index (Phi) is 3.53. The molecule has 0 amide bonds. The van der Waals surface area contributed by atoms with Crippen LogP contribution in [0.25, 0.3) is 0 Å². The standard InChI is InChI=1S/C11H21N5/c1-4-12-9(3)11-13-14-15-16(11)10-6-5-8(2)7-10/h8-10,12H,4-7H2,1-3H3. The van der Waals surface area contributed by atoms with E-state index in [1.54, 1.807) is 0 Å². The van der Waals surface area contributed by atoms with Gasteiger partial charge in [0.05, 0.1) is 12.1 Å². The molecule has 1 fully saturated rings. The van der Waals surface area contributed by atoms with Gasteiger partial charge in [0.25, 0.3) is 0 Å². The molecule has 0 aliphatic heterocycles. The van der Waals surface area contributed by atoms with Crippen molar-refractivity contribution in [1.82, 2.24) is 25.5 Å². The minimum atomic E-state index is 0.232. The minimum absolute atomic E-state index is 0.232. The fourth-order valence-electron chi connectivity index (χ4n) is 2.54. The average molecular weight is 223 g/mol. The molecule has 0 aromatic carbocycles. The molecule has 1 aliphatic carbocycles. The number of rotatable bonds is 4. The number of tetrazole rings is 1. The fourth-order valence-corrected chi connectivity index (χ4v) is 2.54. The van der Waals surface area contributed by atoms with Crippen molar-refractivity contribution in [2.75, 3.05) is 6.54 Å². The Balaban J connectivity index is 2.12. The highest BCUT2D eigenvalue weighted by molar-refractivity contribution is 4.93. The monoisotopic (exact) mass is 223 g/mol. The average Bonchev–Trinajstić information content (AvgIpc) is 2.85. The first-order valence-electron chi connectivity index (χ1n) is 6.23. The Morgan fingerprint density at radius 2 is 2.31 bits per heavy atom. The van der Waals surface area contributed by atoms with Crippen LogP contribution in [0.15, 0.2) is 0 Å². The summed E-state index contributed by atoms with van der Waals surface area (Å²) in [5.41, 5.74) is 0. The predicted molar refractivity (Wildman–Crippen MR) is 62.0 cm³/mol. The first kappa shape index (κ1) is 11.5. The number of nitrogens with one attached hydrogen (secondary N) is 1. The van der Waals surface area contributed by atoms with Crippen molar-refractivity contribution in [3.8, 4) is 0 Å². The molecular formula is C11H21N5. The molecule has 0 bridgehead atoms. The molecule has 5 heteroatoms. The summed E-state index contributed by atoms with van der Waals surface area (Å²) in [5, 5.41) is 15.5. The van der Waals surface area contributed by atoms with Gasteiger partial charge in [0, 0.05) is 0 Å². The maximum absolute atomic E-state index is 4.15. The molecule has 1 aromatic rings. The highest BCUT2D eigenvalue weighted by Crippen LogP contribution is 2.34. The van der Waals surface area contributed by atoms with Gasteiger partial charge in [-0.25, -0.2) is 4.68 Å². The summed E-state index contributed by atoms with van der Waals surface area (Å²) in [6.45, 7) is 7.46. The molecule has 3 unspecified atom stereocenters. The summed E-state index contributed by atoms with van der Waals surface area (Å²) in [7, 11) is 0. The van der Waals surface area contributed by atoms with Crippen LogP contribution in [0.4, 0.5) is 0 Å². The maximum Gasteiger partial charge on any atom is 0.168 e. The second-order valence-electron chi connectivity index (χ2n) is 4.83. The molecule has 90 valence electrons. The van der Waals surface area contributed by atoms with Gasteiger partial charge in [-0.1, -0.05) is 13.8 Å². The molecule has 1 aliphatic rings. The molecule has 1 saturated carbocycles. The van der Waals surface area contributed by atoms with Gasteiger partial charge in [-0.05, 0) is 49.1 Å².